The van der Waals surface area contributed by atoms with Crippen LogP contribution < -0.4 is 5.56 Å². The van der Waals surface area contributed by atoms with Gasteiger partial charge in [-0.3, -0.25) is 9.36 Å². The highest BCUT2D eigenvalue weighted by Crippen LogP contribution is 2.30. The Bertz CT molecular complexity index is 989. The maximum atomic E-state index is 12.9. The maximum Gasteiger partial charge on any atom is 0.261 e. The van der Waals surface area contributed by atoms with Crippen LogP contribution in [0.2, 0.25) is 30.7 Å². The van der Waals surface area contributed by atoms with Crippen molar-refractivity contribution in [1.29, 1.82) is 0 Å². The van der Waals surface area contributed by atoms with E-state index in [-0.39, 0.29) is 12.3 Å². The van der Waals surface area contributed by atoms with E-state index in [1.54, 1.807) is 29.4 Å². The highest BCUT2D eigenvalue weighted by Gasteiger charge is 2.15. The second-order valence-electron chi connectivity index (χ2n) is 7.71. The van der Waals surface area contributed by atoms with Crippen molar-refractivity contribution in [3.05, 3.63) is 52.3 Å². The van der Waals surface area contributed by atoms with Crippen LogP contribution in [0.4, 0.5) is 0 Å². The number of hydrogen-bond donors (Lipinski definition) is 0. The molecule has 0 aliphatic heterocycles. The Hall–Kier alpha value is -1.89. The van der Waals surface area contributed by atoms with Gasteiger partial charge in [-0.2, -0.15) is 0 Å². The minimum atomic E-state index is -1.15. The van der Waals surface area contributed by atoms with Gasteiger partial charge in [0.05, 0.1) is 28.6 Å². The third kappa shape index (κ3) is 3.92. The van der Waals surface area contributed by atoms with E-state index in [9.17, 15) is 4.79 Å². The van der Waals surface area contributed by atoms with Crippen LogP contribution in [-0.2, 0) is 18.5 Å². The predicted octanol–water partition coefficient (Wildman–Crippen LogP) is 4.37. The Kier molecular flexibility index (Phi) is 5.36. The Labute approximate surface area is 159 Å². The molecule has 0 saturated heterocycles. The van der Waals surface area contributed by atoms with E-state index in [0.717, 1.165) is 22.7 Å². The molecule has 2 aromatic heterocycles. The number of nitrogens with zero attached hydrogens (tertiary/aromatic N) is 3. The molecule has 0 amide bonds. The second-order valence-corrected chi connectivity index (χ2v) is 13.7. The zero-order valence-corrected chi connectivity index (χ0v) is 17.4. The first kappa shape index (κ1) is 18.9. The fourth-order valence-electron chi connectivity index (χ4n) is 2.84. The number of pyridine rings is 1. The number of ether oxygens (including phenoxy) is 1. The number of hydrogen-bond acceptors (Lipinski definition) is 3. The number of rotatable bonds is 6. The lowest BCUT2D eigenvalue weighted by atomic mass is 10.0. The molecule has 0 aliphatic rings. The molecule has 0 bridgehead atoms. The second kappa shape index (κ2) is 7.38. The minimum absolute atomic E-state index is 0.135. The molecule has 3 rings (SSSR count). The van der Waals surface area contributed by atoms with Crippen LogP contribution in [0, 0.1) is 0 Å². The quantitative estimate of drug-likeness (QED) is 0.464. The van der Waals surface area contributed by atoms with Gasteiger partial charge >= 0.3 is 0 Å². The Morgan fingerprint density at radius 3 is 2.65 bits per heavy atom. The van der Waals surface area contributed by atoms with Gasteiger partial charge < -0.3 is 9.30 Å². The van der Waals surface area contributed by atoms with Crippen molar-refractivity contribution in [3.8, 4) is 11.3 Å². The molecule has 0 aliphatic carbocycles. The Morgan fingerprint density at radius 1 is 1.23 bits per heavy atom. The summed E-state index contributed by atoms with van der Waals surface area (Å²) < 4.78 is 9.23. The van der Waals surface area contributed by atoms with Gasteiger partial charge in [0.2, 0.25) is 0 Å². The van der Waals surface area contributed by atoms with Crippen LogP contribution in [0.25, 0.3) is 22.0 Å². The number of fused-ring (bicyclic) bond motifs is 1. The molecular formula is C19H24ClN3O2Si. The summed E-state index contributed by atoms with van der Waals surface area (Å²) >= 11 is 6.36. The predicted molar refractivity (Wildman–Crippen MR) is 110 cm³/mol. The van der Waals surface area contributed by atoms with Crippen LogP contribution in [0.5, 0.6) is 0 Å². The molecule has 0 saturated carbocycles. The summed E-state index contributed by atoms with van der Waals surface area (Å²) in [6.45, 7) is 7.82. The summed E-state index contributed by atoms with van der Waals surface area (Å²) in [6, 6.07) is 6.69. The van der Waals surface area contributed by atoms with E-state index < -0.39 is 8.07 Å². The number of benzene rings is 1. The fourth-order valence-corrected chi connectivity index (χ4v) is 3.84. The average Bonchev–Trinajstić information content (AvgIpc) is 2.98. The van der Waals surface area contributed by atoms with Gasteiger partial charge in [0.25, 0.3) is 5.56 Å². The van der Waals surface area contributed by atoms with E-state index in [2.05, 4.69) is 24.6 Å². The van der Waals surface area contributed by atoms with Crippen molar-refractivity contribution in [2.24, 2.45) is 7.05 Å². The van der Waals surface area contributed by atoms with Gasteiger partial charge in [-0.05, 0) is 23.6 Å². The van der Waals surface area contributed by atoms with Crippen molar-refractivity contribution in [1.82, 2.24) is 14.1 Å². The minimum Gasteiger partial charge on any atom is -0.361 e. The van der Waals surface area contributed by atoms with Crippen molar-refractivity contribution in [2.75, 3.05) is 6.61 Å². The van der Waals surface area contributed by atoms with Crippen molar-refractivity contribution in [3.63, 3.8) is 0 Å². The van der Waals surface area contributed by atoms with Gasteiger partial charge in [-0.25, -0.2) is 4.98 Å². The van der Waals surface area contributed by atoms with Crippen molar-refractivity contribution in [2.45, 2.75) is 32.4 Å². The zero-order valence-electron chi connectivity index (χ0n) is 15.6. The van der Waals surface area contributed by atoms with E-state index in [1.165, 1.54) is 0 Å². The molecule has 26 heavy (non-hydrogen) atoms. The number of aryl methyl sites for hydroxylation is 1. The topological polar surface area (TPSA) is 49.0 Å². The first-order valence-corrected chi connectivity index (χ1v) is 12.7. The largest absolute Gasteiger partial charge is 0.361 e. The zero-order chi connectivity index (χ0) is 18.9. The van der Waals surface area contributed by atoms with Gasteiger partial charge in [0, 0.05) is 33.5 Å². The molecule has 138 valence electrons. The van der Waals surface area contributed by atoms with Gasteiger partial charge in [-0.1, -0.05) is 37.3 Å². The summed E-state index contributed by atoms with van der Waals surface area (Å²) in [5, 5.41) is 1.79. The molecule has 0 fully saturated rings. The van der Waals surface area contributed by atoms with E-state index in [4.69, 9.17) is 16.3 Å². The summed E-state index contributed by atoms with van der Waals surface area (Å²) in [4.78, 5) is 17.1. The van der Waals surface area contributed by atoms with Crippen LogP contribution in [-0.4, -0.2) is 28.8 Å². The molecule has 1 aromatic carbocycles. The smallest absolute Gasteiger partial charge is 0.261 e. The van der Waals surface area contributed by atoms with Crippen LogP contribution >= 0.6 is 11.6 Å². The first-order chi connectivity index (χ1) is 12.3. The summed E-state index contributed by atoms with van der Waals surface area (Å²) in [5.74, 6) is 0. The van der Waals surface area contributed by atoms with Gasteiger partial charge in [-0.15, -0.1) is 0 Å². The van der Waals surface area contributed by atoms with Gasteiger partial charge in [0.1, 0.15) is 6.73 Å². The molecule has 0 spiro atoms. The lowest BCUT2D eigenvalue weighted by Gasteiger charge is -2.16. The van der Waals surface area contributed by atoms with E-state index in [0.29, 0.717) is 17.0 Å². The van der Waals surface area contributed by atoms with Crippen LogP contribution in [0.15, 0.2) is 41.7 Å². The summed E-state index contributed by atoms with van der Waals surface area (Å²) in [5.41, 5.74) is 1.74. The number of imidazole rings is 1. The normalized spacial score (nSPS) is 12.0. The molecule has 2 heterocycles. The monoisotopic (exact) mass is 389 g/mol. The van der Waals surface area contributed by atoms with E-state index >= 15 is 0 Å². The Balaban J connectivity index is 1.95. The first-order valence-electron chi connectivity index (χ1n) is 8.64. The summed E-state index contributed by atoms with van der Waals surface area (Å²) in [6.07, 6.45) is 5.30. The van der Waals surface area contributed by atoms with E-state index in [1.807, 2.05) is 23.7 Å². The third-order valence-corrected chi connectivity index (χ3v) is 6.43. The van der Waals surface area contributed by atoms with Crippen LogP contribution in [0.1, 0.15) is 0 Å². The molecule has 0 unspecified atom stereocenters. The highest BCUT2D eigenvalue weighted by atomic mass is 35.5. The van der Waals surface area contributed by atoms with Crippen molar-refractivity contribution < 1.29 is 4.74 Å². The van der Waals surface area contributed by atoms with Crippen LogP contribution in [0.3, 0.4) is 0 Å². The maximum absolute atomic E-state index is 12.9. The molecule has 0 radical (unpaired) electrons. The van der Waals surface area contributed by atoms with Crippen molar-refractivity contribution >= 4 is 30.4 Å². The lowest BCUT2D eigenvalue weighted by molar-refractivity contribution is 0.0851. The standard InChI is InChI=1S/C19H24ClN3O2Si/c1-22-12-21-11-17(22)14-5-6-16(20)18-15(14)7-8-23(19(18)24)13-25-9-10-26(2,3)4/h5-8,11-12H,9-10,13H2,1-4H3. The third-order valence-electron chi connectivity index (χ3n) is 4.41. The number of halogens is 1. The Morgan fingerprint density at radius 2 is 2.00 bits per heavy atom. The average molecular weight is 390 g/mol. The molecule has 5 nitrogen and oxygen atoms in total. The summed E-state index contributed by atoms with van der Waals surface area (Å²) in [7, 11) is 0.780. The van der Waals surface area contributed by atoms with Gasteiger partial charge in [0.15, 0.2) is 0 Å². The molecule has 7 heteroatoms. The highest BCUT2D eigenvalue weighted by molar-refractivity contribution is 6.76. The number of aromatic nitrogens is 3. The molecule has 3 aromatic rings. The molecule has 0 N–H and O–H groups in total. The SMILES string of the molecule is Cn1cncc1-c1ccc(Cl)c2c(=O)n(COCC[Si](C)(C)C)ccc12. The fraction of sp³-hybridized carbons (Fsp3) is 0.368. The molecule has 0 atom stereocenters. The molecular weight excluding hydrogens is 366 g/mol. The lowest BCUT2D eigenvalue weighted by Crippen LogP contribution is -2.24.